The fourth-order valence-electron chi connectivity index (χ4n) is 2.46. The predicted octanol–water partition coefficient (Wildman–Crippen LogP) is 2.12. The molecule has 2 unspecified atom stereocenters. The average molecular weight is 249 g/mol. The van der Waals surface area contributed by atoms with Crippen LogP contribution in [0.4, 0.5) is 5.82 Å². The quantitative estimate of drug-likeness (QED) is 0.872. The van der Waals surface area contributed by atoms with E-state index in [-0.39, 0.29) is 17.6 Å². The Morgan fingerprint density at radius 2 is 1.94 bits per heavy atom. The second-order valence-corrected chi connectivity index (χ2v) is 6.20. The minimum atomic E-state index is -0.237. The van der Waals surface area contributed by atoms with Crippen LogP contribution in [0.15, 0.2) is 12.1 Å². The van der Waals surface area contributed by atoms with Crippen LogP contribution in [0.3, 0.4) is 0 Å². The van der Waals surface area contributed by atoms with Crippen molar-refractivity contribution < 1.29 is 5.11 Å². The number of likely N-dealkylation sites (N-methyl/N-ethyl adjacent to an activating group) is 1. The summed E-state index contributed by atoms with van der Waals surface area (Å²) in [7, 11) is 1.99. The van der Waals surface area contributed by atoms with Gasteiger partial charge in [-0.3, -0.25) is 0 Å². The molecule has 1 aromatic rings. The molecule has 1 saturated carbocycles. The zero-order valence-electron chi connectivity index (χ0n) is 11.7. The Morgan fingerprint density at radius 3 is 2.39 bits per heavy atom. The third-order valence-electron chi connectivity index (χ3n) is 3.72. The summed E-state index contributed by atoms with van der Waals surface area (Å²) >= 11 is 0. The summed E-state index contributed by atoms with van der Waals surface area (Å²) in [5.74, 6) is 0.842. The van der Waals surface area contributed by atoms with Gasteiger partial charge in [0.1, 0.15) is 0 Å². The topological polar surface area (TPSA) is 49.2 Å². The lowest BCUT2D eigenvalue weighted by Crippen LogP contribution is -2.38. The van der Waals surface area contributed by atoms with Gasteiger partial charge in [0, 0.05) is 12.5 Å². The Bertz CT molecular complexity index is 396. The van der Waals surface area contributed by atoms with Crippen molar-refractivity contribution in [1.29, 1.82) is 0 Å². The number of aliphatic hydroxyl groups excluding tert-OH is 1. The summed E-state index contributed by atoms with van der Waals surface area (Å²) in [6.07, 6.45) is 2.77. The summed E-state index contributed by atoms with van der Waals surface area (Å²) < 4.78 is 0. The van der Waals surface area contributed by atoms with E-state index < -0.39 is 0 Å². The van der Waals surface area contributed by atoms with Crippen LogP contribution >= 0.6 is 0 Å². The molecule has 0 radical (unpaired) electrons. The van der Waals surface area contributed by atoms with Gasteiger partial charge in [0.05, 0.1) is 17.8 Å². The first-order valence-corrected chi connectivity index (χ1v) is 6.64. The molecule has 18 heavy (non-hydrogen) atoms. The van der Waals surface area contributed by atoms with E-state index in [1.165, 1.54) is 0 Å². The zero-order chi connectivity index (χ0) is 13.3. The molecule has 0 aromatic carbocycles. The molecule has 0 amide bonds. The van der Waals surface area contributed by atoms with Crippen LogP contribution in [0, 0.1) is 0 Å². The number of nitrogens with zero attached hydrogens (tertiary/aromatic N) is 3. The number of rotatable bonds is 2. The minimum Gasteiger partial charge on any atom is -0.391 e. The van der Waals surface area contributed by atoms with Gasteiger partial charge in [-0.2, -0.15) is 5.10 Å². The number of hydrogen-bond acceptors (Lipinski definition) is 4. The molecule has 0 bridgehead atoms. The Kier molecular flexibility index (Phi) is 3.57. The summed E-state index contributed by atoms with van der Waals surface area (Å²) in [6.45, 7) is 6.38. The van der Waals surface area contributed by atoms with Crippen molar-refractivity contribution in [3.63, 3.8) is 0 Å². The first-order valence-electron chi connectivity index (χ1n) is 6.64. The fourth-order valence-corrected chi connectivity index (χ4v) is 2.46. The van der Waals surface area contributed by atoms with Crippen LogP contribution in [-0.2, 0) is 5.41 Å². The van der Waals surface area contributed by atoms with Crippen molar-refractivity contribution in [2.24, 2.45) is 0 Å². The summed E-state index contributed by atoms with van der Waals surface area (Å²) in [4.78, 5) is 2.05. The first kappa shape index (κ1) is 13.3. The van der Waals surface area contributed by atoms with Crippen LogP contribution in [0.25, 0.3) is 0 Å². The van der Waals surface area contributed by atoms with Crippen molar-refractivity contribution >= 4 is 5.82 Å². The van der Waals surface area contributed by atoms with Crippen molar-refractivity contribution in [2.45, 2.75) is 57.6 Å². The number of aliphatic hydroxyl groups is 1. The molecule has 100 valence electrons. The van der Waals surface area contributed by atoms with Gasteiger partial charge in [-0.15, -0.1) is 5.10 Å². The van der Waals surface area contributed by atoms with Crippen molar-refractivity contribution in [3.05, 3.63) is 17.8 Å². The monoisotopic (exact) mass is 249 g/mol. The molecule has 1 fully saturated rings. The molecule has 4 nitrogen and oxygen atoms in total. The van der Waals surface area contributed by atoms with E-state index in [1.54, 1.807) is 0 Å². The number of anilines is 1. The lowest BCUT2D eigenvalue weighted by molar-refractivity contribution is 0.162. The second kappa shape index (κ2) is 4.84. The van der Waals surface area contributed by atoms with Gasteiger partial charge in [-0.05, 0) is 31.4 Å². The van der Waals surface area contributed by atoms with Gasteiger partial charge in [0.15, 0.2) is 5.82 Å². The van der Waals surface area contributed by atoms with E-state index in [2.05, 4.69) is 35.9 Å². The van der Waals surface area contributed by atoms with Crippen molar-refractivity contribution in [2.75, 3.05) is 11.9 Å². The minimum absolute atomic E-state index is 0.0248. The highest BCUT2D eigenvalue weighted by Crippen LogP contribution is 2.27. The van der Waals surface area contributed by atoms with E-state index in [1.807, 2.05) is 19.2 Å². The van der Waals surface area contributed by atoms with Crippen molar-refractivity contribution in [3.8, 4) is 0 Å². The fraction of sp³-hybridized carbons (Fsp3) is 0.714. The lowest BCUT2D eigenvalue weighted by atomic mass is 9.92. The molecule has 2 rings (SSSR count). The molecule has 0 aliphatic heterocycles. The first-order chi connectivity index (χ1) is 8.39. The van der Waals surface area contributed by atoms with E-state index in [9.17, 15) is 5.11 Å². The molecule has 2 atom stereocenters. The molecule has 1 aliphatic carbocycles. The third-order valence-corrected chi connectivity index (χ3v) is 3.72. The SMILES string of the molecule is CN(c1ccc(C(C)(C)C)nn1)C1CCCC1O. The van der Waals surface area contributed by atoms with E-state index >= 15 is 0 Å². The summed E-state index contributed by atoms with van der Waals surface area (Å²) in [6, 6.07) is 4.21. The summed E-state index contributed by atoms with van der Waals surface area (Å²) in [5, 5.41) is 18.5. The van der Waals surface area contributed by atoms with Crippen molar-refractivity contribution in [1.82, 2.24) is 10.2 Å². The molecule has 1 heterocycles. The van der Waals surface area contributed by atoms with Gasteiger partial charge in [-0.25, -0.2) is 0 Å². The second-order valence-electron chi connectivity index (χ2n) is 6.20. The van der Waals surface area contributed by atoms with Crippen LogP contribution < -0.4 is 4.90 Å². The standard InChI is InChI=1S/C14H23N3O/c1-14(2,3)12-8-9-13(16-15-12)17(4)10-6-5-7-11(10)18/h8-11,18H,5-7H2,1-4H3. The highest BCUT2D eigenvalue weighted by Gasteiger charge is 2.29. The lowest BCUT2D eigenvalue weighted by Gasteiger charge is -2.28. The van der Waals surface area contributed by atoms with Gasteiger partial charge in [-0.1, -0.05) is 20.8 Å². The maximum absolute atomic E-state index is 9.91. The highest BCUT2D eigenvalue weighted by atomic mass is 16.3. The zero-order valence-corrected chi connectivity index (χ0v) is 11.7. The normalized spacial score (nSPS) is 24.3. The van der Waals surface area contributed by atoms with Gasteiger partial charge in [0.2, 0.25) is 0 Å². The molecule has 0 saturated heterocycles. The van der Waals surface area contributed by atoms with Gasteiger partial charge in [0.25, 0.3) is 0 Å². The Balaban J connectivity index is 2.14. The Hall–Kier alpha value is -1.16. The number of hydrogen-bond donors (Lipinski definition) is 1. The highest BCUT2D eigenvalue weighted by molar-refractivity contribution is 5.39. The van der Waals surface area contributed by atoms with Crippen LogP contribution in [-0.4, -0.2) is 34.5 Å². The third kappa shape index (κ3) is 2.64. The van der Waals surface area contributed by atoms with Crippen LogP contribution in [0.5, 0.6) is 0 Å². The average Bonchev–Trinajstić information content (AvgIpc) is 2.73. The van der Waals surface area contributed by atoms with E-state index in [0.717, 1.165) is 30.8 Å². The molecular formula is C14H23N3O. The molecule has 0 spiro atoms. The summed E-state index contributed by atoms with van der Waals surface area (Å²) in [5.41, 5.74) is 1.02. The largest absolute Gasteiger partial charge is 0.391 e. The number of aromatic nitrogens is 2. The Morgan fingerprint density at radius 1 is 1.22 bits per heavy atom. The molecule has 1 N–H and O–H groups in total. The maximum Gasteiger partial charge on any atom is 0.151 e. The molecule has 1 aliphatic rings. The molecular weight excluding hydrogens is 226 g/mol. The van der Waals surface area contributed by atoms with E-state index in [0.29, 0.717) is 0 Å². The maximum atomic E-state index is 9.91. The smallest absolute Gasteiger partial charge is 0.151 e. The molecule has 4 heteroatoms. The molecule has 1 aromatic heterocycles. The van der Waals surface area contributed by atoms with Crippen LogP contribution in [0.2, 0.25) is 0 Å². The predicted molar refractivity (Wildman–Crippen MR) is 72.8 cm³/mol. The van der Waals surface area contributed by atoms with Crippen LogP contribution in [0.1, 0.15) is 45.7 Å². The van der Waals surface area contributed by atoms with Gasteiger partial charge < -0.3 is 10.0 Å². The van der Waals surface area contributed by atoms with Gasteiger partial charge >= 0.3 is 0 Å². The van der Waals surface area contributed by atoms with E-state index in [4.69, 9.17) is 0 Å². The Labute approximate surface area is 109 Å².